The van der Waals surface area contributed by atoms with E-state index in [-0.39, 0.29) is 0 Å². The maximum absolute atomic E-state index is 6.06. The molecule has 0 atom stereocenters. The van der Waals surface area contributed by atoms with Gasteiger partial charge in [0.15, 0.2) is 0 Å². The molecular weight excluding hydrogens is 200 g/mol. The first-order valence-electron chi connectivity index (χ1n) is 5.47. The van der Waals surface area contributed by atoms with Crippen molar-refractivity contribution in [1.29, 1.82) is 0 Å². The predicted molar refractivity (Wildman–Crippen MR) is 69.1 cm³/mol. The summed E-state index contributed by atoms with van der Waals surface area (Å²) >= 11 is 0. The molecule has 1 aromatic rings. The molecule has 0 unspecified atom stereocenters. The van der Waals surface area contributed by atoms with Crippen LogP contribution in [0.2, 0.25) is 19.6 Å². The maximum atomic E-state index is 6.06. The van der Waals surface area contributed by atoms with Crippen molar-refractivity contribution in [2.45, 2.75) is 33.0 Å². The second-order valence-corrected chi connectivity index (χ2v) is 8.99. The number of benzene rings is 1. The van der Waals surface area contributed by atoms with Gasteiger partial charge in [-0.3, -0.25) is 0 Å². The lowest BCUT2D eigenvalue weighted by Gasteiger charge is -2.22. The fraction of sp³-hybridized carbons (Fsp3) is 0.385. The molecule has 0 bridgehead atoms. The van der Waals surface area contributed by atoms with Crippen LogP contribution < -0.4 is 0 Å². The highest BCUT2D eigenvalue weighted by Gasteiger charge is 2.18. The van der Waals surface area contributed by atoms with Crippen molar-refractivity contribution in [1.82, 2.24) is 0 Å². The van der Waals surface area contributed by atoms with Gasteiger partial charge in [0.05, 0.1) is 0 Å². The second-order valence-electron chi connectivity index (χ2n) is 4.56. The standard InChI is InChI=1S/C13H20OSi/c1-5-9-13(14-15(2,3)4)12-10-7-6-8-11-12/h6-11H,5H2,1-4H3/b13-9+. The van der Waals surface area contributed by atoms with E-state index >= 15 is 0 Å². The summed E-state index contributed by atoms with van der Waals surface area (Å²) in [6.07, 6.45) is 3.17. The summed E-state index contributed by atoms with van der Waals surface area (Å²) in [6.45, 7) is 8.76. The highest BCUT2D eigenvalue weighted by atomic mass is 28.4. The average molecular weight is 220 g/mol. The van der Waals surface area contributed by atoms with E-state index in [0.29, 0.717) is 0 Å². The Hall–Kier alpha value is -1.02. The molecule has 0 N–H and O–H groups in total. The van der Waals surface area contributed by atoms with Crippen LogP contribution >= 0.6 is 0 Å². The average Bonchev–Trinajstić information content (AvgIpc) is 2.17. The number of rotatable bonds is 4. The van der Waals surface area contributed by atoms with E-state index < -0.39 is 8.32 Å². The van der Waals surface area contributed by atoms with Gasteiger partial charge in [0.25, 0.3) is 0 Å². The third-order valence-electron chi connectivity index (χ3n) is 1.86. The Balaban J connectivity index is 2.90. The molecule has 15 heavy (non-hydrogen) atoms. The zero-order chi connectivity index (χ0) is 11.3. The first-order valence-corrected chi connectivity index (χ1v) is 8.88. The van der Waals surface area contributed by atoms with E-state index in [9.17, 15) is 0 Å². The smallest absolute Gasteiger partial charge is 0.242 e. The second kappa shape index (κ2) is 5.17. The SMILES string of the molecule is CC/C=C(/O[Si](C)(C)C)c1ccccc1. The molecular formula is C13H20OSi. The van der Waals surface area contributed by atoms with Gasteiger partial charge in [0, 0.05) is 5.56 Å². The van der Waals surface area contributed by atoms with Crippen LogP contribution in [-0.2, 0) is 4.43 Å². The molecule has 1 nitrogen and oxygen atoms in total. The van der Waals surface area contributed by atoms with Gasteiger partial charge >= 0.3 is 0 Å². The normalized spacial score (nSPS) is 12.7. The topological polar surface area (TPSA) is 9.23 Å². The quantitative estimate of drug-likeness (QED) is 0.543. The lowest BCUT2D eigenvalue weighted by atomic mass is 10.2. The molecule has 1 rings (SSSR count). The summed E-state index contributed by atoms with van der Waals surface area (Å²) in [7, 11) is -1.51. The van der Waals surface area contributed by atoms with Crippen molar-refractivity contribution in [3.8, 4) is 0 Å². The summed E-state index contributed by atoms with van der Waals surface area (Å²) < 4.78 is 6.06. The molecule has 0 aliphatic rings. The summed E-state index contributed by atoms with van der Waals surface area (Å²) in [5.74, 6) is 1.04. The first kappa shape index (κ1) is 12.0. The van der Waals surface area contributed by atoms with E-state index in [4.69, 9.17) is 4.43 Å². The van der Waals surface area contributed by atoms with Crippen LogP contribution in [0, 0.1) is 0 Å². The van der Waals surface area contributed by atoms with Crippen molar-refractivity contribution >= 4 is 14.1 Å². The fourth-order valence-electron chi connectivity index (χ4n) is 1.34. The molecule has 82 valence electrons. The van der Waals surface area contributed by atoms with E-state index in [1.54, 1.807) is 0 Å². The molecule has 1 aromatic carbocycles. The maximum Gasteiger partial charge on any atom is 0.242 e. The van der Waals surface area contributed by atoms with Gasteiger partial charge in [-0.2, -0.15) is 0 Å². The van der Waals surface area contributed by atoms with Crippen LogP contribution in [0.4, 0.5) is 0 Å². The van der Waals surface area contributed by atoms with Crippen LogP contribution in [0.1, 0.15) is 18.9 Å². The molecule has 0 radical (unpaired) electrons. The van der Waals surface area contributed by atoms with Gasteiger partial charge in [0.2, 0.25) is 8.32 Å². The molecule has 0 heterocycles. The van der Waals surface area contributed by atoms with Crippen LogP contribution in [0.3, 0.4) is 0 Å². The van der Waals surface area contributed by atoms with Gasteiger partial charge in [0.1, 0.15) is 5.76 Å². The van der Waals surface area contributed by atoms with Crippen molar-refractivity contribution < 1.29 is 4.43 Å². The van der Waals surface area contributed by atoms with Crippen molar-refractivity contribution in [3.63, 3.8) is 0 Å². The van der Waals surface area contributed by atoms with Crippen molar-refractivity contribution in [3.05, 3.63) is 42.0 Å². The Morgan fingerprint density at radius 2 is 1.80 bits per heavy atom. The lowest BCUT2D eigenvalue weighted by molar-refractivity contribution is 0.512. The molecule has 0 aliphatic carbocycles. The van der Waals surface area contributed by atoms with E-state index in [0.717, 1.165) is 12.2 Å². The Bertz CT molecular complexity index is 322. The molecule has 0 saturated carbocycles. The zero-order valence-corrected chi connectivity index (χ0v) is 11.1. The minimum Gasteiger partial charge on any atom is -0.544 e. The zero-order valence-electron chi connectivity index (χ0n) is 10.1. The predicted octanol–water partition coefficient (Wildman–Crippen LogP) is 4.29. The van der Waals surface area contributed by atoms with Gasteiger partial charge in [-0.1, -0.05) is 37.3 Å². The monoisotopic (exact) mass is 220 g/mol. The minimum absolute atomic E-state index is 1.01. The van der Waals surface area contributed by atoms with Gasteiger partial charge in [-0.05, 0) is 32.1 Å². The van der Waals surface area contributed by atoms with Gasteiger partial charge in [-0.15, -0.1) is 0 Å². The molecule has 0 aromatic heterocycles. The third kappa shape index (κ3) is 4.34. The number of hydrogen-bond donors (Lipinski definition) is 0. The lowest BCUT2D eigenvalue weighted by Crippen LogP contribution is -2.24. The summed E-state index contributed by atoms with van der Waals surface area (Å²) in [5, 5.41) is 0. The minimum atomic E-state index is -1.51. The highest BCUT2D eigenvalue weighted by Crippen LogP contribution is 2.21. The Morgan fingerprint density at radius 3 is 2.27 bits per heavy atom. The Labute approximate surface area is 93.9 Å². The van der Waals surface area contributed by atoms with Crippen LogP contribution in [0.5, 0.6) is 0 Å². The molecule has 0 fully saturated rings. The largest absolute Gasteiger partial charge is 0.544 e. The third-order valence-corrected chi connectivity index (χ3v) is 2.70. The number of allylic oxidation sites excluding steroid dienone is 1. The van der Waals surface area contributed by atoms with Crippen LogP contribution in [0.25, 0.3) is 5.76 Å². The fourth-order valence-corrected chi connectivity index (χ4v) is 2.20. The van der Waals surface area contributed by atoms with Gasteiger partial charge in [-0.25, -0.2) is 0 Å². The van der Waals surface area contributed by atoms with Crippen molar-refractivity contribution in [2.24, 2.45) is 0 Å². The number of hydrogen-bond acceptors (Lipinski definition) is 1. The Morgan fingerprint density at radius 1 is 1.20 bits per heavy atom. The van der Waals surface area contributed by atoms with E-state index in [1.807, 2.05) is 18.2 Å². The van der Waals surface area contributed by atoms with Crippen LogP contribution in [0.15, 0.2) is 36.4 Å². The molecule has 2 heteroatoms. The Kier molecular flexibility index (Phi) is 4.15. The van der Waals surface area contributed by atoms with Crippen molar-refractivity contribution in [2.75, 3.05) is 0 Å². The molecule has 0 saturated heterocycles. The molecule has 0 aliphatic heterocycles. The molecule has 0 spiro atoms. The van der Waals surface area contributed by atoms with E-state index in [1.165, 1.54) is 5.56 Å². The van der Waals surface area contributed by atoms with Crippen LogP contribution in [-0.4, -0.2) is 8.32 Å². The van der Waals surface area contributed by atoms with Gasteiger partial charge < -0.3 is 4.43 Å². The summed E-state index contributed by atoms with van der Waals surface area (Å²) in [6, 6.07) is 10.3. The first-order chi connectivity index (χ1) is 7.03. The highest BCUT2D eigenvalue weighted by molar-refractivity contribution is 6.70. The summed E-state index contributed by atoms with van der Waals surface area (Å²) in [5.41, 5.74) is 1.18. The molecule has 0 amide bonds. The summed E-state index contributed by atoms with van der Waals surface area (Å²) in [4.78, 5) is 0. The van der Waals surface area contributed by atoms with E-state index in [2.05, 4.69) is 44.8 Å².